The van der Waals surface area contributed by atoms with Crippen molar-refractivity contribution < 1.29 is 4.79 Å². The number of amides is 1. The number of thiophene rings is 1. The van der Waals surface area contributed by atoms with E-state index in [1.165, 1.54) is 11.3 Å². The summed E-state index contributed by atoms with van der Waals surface area (Å²) in [5, 5.41) is 3.47. The molecule has 3 nitrogen and oxygen atoms in total. The predicted molar refractivity (Wildman–Crippen MR) is 89.1 cm³/mol. The van der Waals surface area contributed by atoms with Gasteiger partial charge in [-0.15, -0.1) is 11.3 Å². The van der Waals surface area contributed by atoms with Crippen LogP contribution in [0.2, 0.25) is 5.02 Å². The molecular weight excluding hydrogens is 304 g/mol. The molecule has 0 aliphatic carbocycles. The second-order valence-electron chi connectivity index (χ2n) is 4.55. The standard InChI is InChI=1S/C16H15ClN2OS/c1-10-5-6-12(9-13(10)17)19-16(20)15-8-11(2)14(21-15)4-3-7-18/h5-6,8-9H,7,18H2,1-2H3,(H,19,20). The number of nitrogens with one attached hydrogen (secondary N) is 1. The van der Waals surface area contributed by atoms with Gasteiger partial charge in [-0.2, -0.15) is 0 Å². The second kappa shape index (κ2) is 6.77. The number of anilines is 1. The Morgan fingerprint density at radius 2 is 2.10 bits per heavy atom. The van der Waals surface area contributed by atoms with Crippen molar-refractivity contribution in [3.8, 4) is 11.8 Å². The van der Waals surface area contributed by atoms with Crippen LogP contribution in [0, 0.1) is 25.7 Å². The van der Waals surface area contributed by atoms with Crippen molar-refractivity contribution in [1.29, 1.82) is 0 Å². The molecule has 0 atom stereocenters. The molecule has 2 rings (SSSR count). The molecular formula is C16H15ClN2OS. The third-order valence-electron chi connectivity index (χ3n) is 2.88. The lowest BCUT2D eigenvalue weighted by atomic mass is 10.2. The highest BCUT2D eigenvalue weighted by molar-refractivity contribution is 7.14. The molecule has 1 heterocycles. The molecule has 21 heavy (non-hydrogen) atoms. The van der Waals surface area contributed by atoms with Crippen LogP contribution < -0.4 is 11.1 Å². The van der Waals surface area contributed by atoms with E-state index in [9.17, 15) is 4.79 Å². The van der Waals surface area contributed by atoms with Gasteiger partial charge >= 0.3 is 0 Å². The number of hydrogen-bond donors (Lipinski definition) is 2. The van der Waals surface area contributed by atoms with Gasteiger partial charge in [0.05, 0.1) is 16.3 Å². The van der Waals surface area contributed by atoms with E-state index < -0.39 is 0 Å². The van der Waals surface area contributed by atoms with Crippen molar-refractivity contribution in [2.24, 2.45) is 5.73 Å². The Morgan fingerprint density at radius 1 is 1.33 bits per heavy atom. The van der Waals surface area contributed by atoms with Gasteiger partial charge in [0, 0.05) is 10.7 Å². The number of nitrogens with two attached hydrogens (primary N) is 1. The van der Waals surface area contributed by atoms with E-state index in [0.29, 0.717) is 22.1 Å². The van der Waals surface area contributed by atoms with Gasteiger partial charge in [0.15, 0.2) is 0 Å². The summed E-state index contributed by atoms with van der Waals surface area (Å²) in [7, 11) is 0. The smallest absolute Gasteiger partial charge is 0.265 e. The Bertz CT molecular complexity index is 740. The number of hydrogen-bond acceptors (Lipinski definition) is 3. The van der Waals surface area contributed by atoms with Crippen molar-refractivity contribution in [3.05, 3.63) is 50.2 Å². The van der Waals surface area contributed by atoms with E-state index >= 15 is 0 Å². The van der Waals surface area contributed by atoms with Gasteiger partial charge in [-0.1, -0.05) is 29.5 Å². The highest BCUT2D eigenvalue weighted by atomic mass is 35.5. The van der Waals surface area contributed by atoms with Crippen molar-refractivity contribution in [3.63, 3.8) is 0 Å². The Labute approximate surface area is 133 Å². The van der Waals surface area contributed by atoms with Gasteiger partial charge in [0.2, 0.25) is 0 Å². The van der Waals surface area contributed by atoms with Crippen molar-refractivity contribution in [1.82, 2.24) is 0 Å². The molecule has 0 aliphatic rings. The number of benzene rings is 1. The van der Waals surface area contributed by atoms with Gasteiger partial charge in [0.1, 0.15) is 0 Å². The summed E-state index contributed by atoms with van der Waals surface area (Å²) >= 11 is 7.41. The lowest BCUT2D eigenvalue weighted by Crippen LogP contribution is -2.10. The molecule has 0 fully saturated rings. The minimum Gasteiger partial charge on any atom is -0.321 e. The first-order valence-corrected chi connectivity index (χ1v) is 7.57. The lowest BCUT2D eigenvalue weighted by molar-refractivity contribution is 0.103. The zero-order valence-electron chi connectivity index (χ0n) is 11.8. The maximum Gasteiger partial charge on any atom is 0.265 e. The molecule has 0 unspecified atom stereocenters. The quantitative estimate of drug-likeness (QED) is 0.832. The molecule has 108 valence electrons. The van der Waals surface area contributed by atoms with Crippen LogP contribution in [0.25, 0.3) is 0 Å². The van der Waals surface area contributed by atoms with E-state index in [1.807, 2.05) is 32.0 Å². The zero-order valence-corrected chi connectivity index (χ0v) is 13.4. The molecule has 0 spiro atoms. The lowest BCUT2D eigenvalue weighted by Gasteiger charge is -2.05. The van der Waals surface area contributed by atoms with Crippen LogP contribution in [0.3, 0.4) is 0 Å². The highest BCUT2D eigenvalue weighted by Crippen LogP contribution is 2.24. The fourth-order valence-electron chi connectivity index (χ4n) is 1.71. The van der Waals surface area contributed by atoms with E-state index in [-0.39, 0.29) is 5.91 Å². The largest absolute Gasteiger partial charge is 0.321 e. The molecule has 0 saturated carbocycles. The Balaban J connectivity index is 2.18. The van der Waals surface area contributed by atoms with Crippen LogP contribution >= 0.6 is 22.9 Å². The first kappa shape index (κ1) is 15.6. The van der Waals surface area contributed by atoms with Crippen LogP contribution in [0.4, 0.5) is 5.69 Å². The maximum absolute atomic E-state index is 12.2. The third kappa shape index (κ3) is 3.85. The summed E-state index contributed by atoms with van der Waals surface area (Å²) in [6.07, 6.45) is 0. The summed E-state index contributed by atoms with van der Waals surface area (Å²) in [6.45, 7) is 4.15. The number of carbonyl (C=O) groups is 1. The molecule has 0 radical (unpaired) electrons. The molecule has 1 amide bonds. The summed E-state index contributed by atoms with van der Waals surface area (Å²) in [5.41, 5.74) is 7.99. The van der Waals surface area contributed by atoms with Crippen molar-refractivity contribution in [2.45, 2.75) is 13.8 Å². The van der Waals surface area contributed by atoms with Crippen LogP contribution in [0.5, 0.6) is 0 Å². The van der Waals surface area contributed by atoms with Crippen molar-refractivity contribution >= 4 is 34.5 Å². The Hall–Kier alpha value is -1.80. The number of carbonyl (C=O) groups excluding carboxylic acids is 1. The molecule has 1 aromatic heterocycles. The number of rotatable bonds is 2. The van der Waals surface area contributed by atoms with Crippen LogP contribution in [0.15, 0.2) is 24.3 Å². The second-order valence-corrected chi connectivity index (χ2v) is 6.01. The molecule has 0 saturated heterocycles. The van der Waals surface area contributed by atoms with Gasteiger partial charge < -0.3 is 11.1 Å². The van der Waals surface area contributed by atoms with Gasteiger partial charge in [-0.3, -0.25) is 4.79 Å². The number of aryl methyl sites for hydroxylation is 2. The van der Waals surface area contributed by atoms with E-state index in [4.69, 9.17) is 17.3 Å². The van der Waals surface area contributed by atoms with Gasteiger partial charge in [-0.05, 0) is 43.2 Å². The van der Waals surface area contributed by atoms with E-state index in [0.717, 1.165) is 16.0 Å². The Morgan fingerprint density at radius 3 is 2.76 bits per heavy atom. The number of halogens is 1. The van der Waals surface area contributed by atoms with Crippen molar-refractivity contribution in [2.75, 3.05) is 11.9 Å². The third-order valence-corrected chi connectivity index (χ3v) is 4.43. The summed E-state index contributed by atoms with van der Waals surface area (Å²) in [5.74, 6) is 5.61. The minimum absolute atomic E-state index is 0.163. The Kier molecular flexibility index (Phi) is 5.03. The molecule has 2 aromatic rings. The average Bonchev–Trinajstić information content (AvgIpc) is 2.82. The molecule has 5 heteroatoms. The van der Waals surface area contributed by atoms with E-state index in [2.05, 4.69) is 17.2 Å². The molecule has 0 aliphatic heterocycles. The monoisotopic (exact) mass is 318 g/mol. The fourth-order valence-corrected chi connectivity index (χ4v) is 2.84. The minimum atomic E-state index is -0.163. The zero-order chi connectivity index (χ0) is 15.4. The topological polar surface area (TPSA) is 55.1 Å². The van der Waals surface area contributed by atoms with Crippen LogP contribution in [0.1, 0.15) is 25.7 Å². The van der Waals surface area contributed by atoms with Crippen LogP contribution in [-0.2, 0) is 0 Å². The first-order valence-electron chi connectivity index (χ1n) is 6.38. The summed E-state index contributed by atoms with van der Waals surface area (Å²) in [4.78, 5) is 13.7. The predicted octanol–water partition coefficient (Wildman–Crippen LogP) is 3.58. The van der Waals surface area contributed by atoms with Crippen LogP contribution in [-0.4, -0.2) is 12.5 Å². The average molecular weight is 319 g/mol. The fraction of sp³-hybridized carbons (Fsp3) is 0.188. The maximum atomic E-state index is 12.2. The first-order chi connectivity index (χ1) is 10.0. The highest BCUT2D eigenvalue weighted by Gasteiger charge is 2.12. The summed E-state index contributed by atoms with van der Waals surface area (Å²) in [6, 6.07) is 7.27. The summed E-state index contributed by atoms with van der Waals surface area (Å²) < 4.78 is 0. The SMILES string of the molecule is Cc1ccc(NC(=O)c2cc(C)c(C#CCN)s2)cc1Cl. The van der Waals surface area contributed by atoms with Gasteiger partial charge in [-0.25, -0.2) is 0 Å². The molecule has 1 aromatic carbocycles. The molecule has 0 bridgehead atoms. The van der Waals surface area contributed by atoms with Gasteiger partial charge in [0.25, 0.3) is 5.91 Å². The molecule has 3 N–H and O–H groups in total. The normalized spacial score (nSPS) is 9.90. The van der Waals surface area contributed by atoms with E-state index in [1.54, 1.807) is 6.07 Å².